The number of nitrogens with one attached hydrogen (secondary N) is 1. The van der Waals surface area contributed by atoms with Crippen LogP contribution in [0, 0.1) is 6.92 Å². The fourth-order valence-electron chi connectivity index (χ4n) is 2.44. The van der Waals surface area contributed by atoms with E-state index in [9.17, 15) is 0 Å². The molecule has 0 aliphatic rings. The van der Waals surface area contributed by atoms with Crippen LogP contribution in [-0.4, -0.2) is 42.1 Å². The van der Waals surface area contributed by atoms with Gasteiger partial charge in [0.15, 0.2) is 0 Å². The van der Waals surface area contributed by atoms with Crippen LogP contribution < -0.4 is 11.1 Å². The number of anilines is 1. The lowest BCUT2D eigenvalue weighted by Crippen LogP contribution is -2.26. The Labute approximate surface area is 132 Å². The number of likely N-dealkylation sites (N-methyl/N-ethyl adjacent to an activating group) is 1. The van der Waals surface area contributed by atoms with Crippen molar-refractivity contribution >= 4 is 5.82 Å². The van der Waals surface area contributed by atoms with E-state index in [2.05, 4.69) is 58.5 Å². The maximum Gasteiger partial charge on any atom is 0.130 e. The third-order valence-corrected chi connectivity index (χ3v) is 3.36. The molecule has 1 atom stereocenters. The minimum absolute atomic E-state index is 0.177. The summed E-state index contributed by atoms with van der Waals surface area (Å²) in [6, 6.07) is 12.6. The van der Waals surface area contributed by atoms with E-state index in [4.69, 9.17) is 5.73 Å². The quantitative estimate of drug-likeness (QED) is 0.818. The molecule has 0 radical (unpaired) electrons. The van der Waals surface area contributed by atoms with Crippen LogP contribution in [0.2, 0.25) is 0 Å². The van der Waals surface area contributed by atoms with Gasteiger partial charge in [-0.2, -0.15) is 0 Å². The summed E-state index contributed by atoms with van der Waals surface area (Å²) in [7, 11) is 4.14. The fraction of sp³-hybridized carbons (Fsp3) is 0.412. The molecule has 0 amide bonds. The van der Waals surface area contributed by atoms with Crippen molar-refractivity contribution in [3.63, 3.8) is 0 Å². The van der Waals surface area contributed by atoms with Gasteiger partial charge in [-0.1, -0.05) is 30.3 Å². The van der Waals surface area contributed by atoms with E-state index in [0.717, 1.165) is 30.3 Å². The molecule has 0 fully saturated rings. The Hall–Kier alpha value is -1.98. The van der Waals surface area contributed by atoms with Crippen LogP contribution in [0.15, 0.2) is 36.4 Å². The molecule has 22 heavy (non-hydrogen) atoms. The second-order valence-electron chi connectivity index (χ2n) is 5.70. The molecule has 0 unspecified atom stereocenters. The molecule has 0 spiro atoms. The van der Waals surface area contributed by atoms with Crippen molar-refractivity contribution in [1.29, 1.82) is 0 Å². The third-order valence-electron chi connectivity index (χ3n) is 3.36. The summed E-state index contributed by atoms with van der Waals surface area (Å²) in [5, 5.41) is 3.53. The second-order valence-corrected chi connectivity index (χ2v) is 5.70. The molecule has 0 aliphatic heterocycles. The van der Waals surface area contributed by atoms with Crippen molar-refractivity contribution in [3.8, 4) is 0 Å². The van der Waals surface area contributed by atoms with Gasteiger partial charge < -0.3 is 16.0 Å². The second kappa shape index (κ2) is 7.87. The van der Waals surface area contributed by atoms with Gasteiger partial charge in [-0.25, -0.2) is 9.97 Å². The first-order valence-electron chi connectivity index (χ1n) is 7.59. The molecule has 2 rings (SSSR count). The number of rotatable bonds is 7. The molecule has 0 saturated carbocycles. The molecule has 0 saturated heterocycles. The van der Waals surface area contributed by atoms with E-state index in [-0.39, 0.29) is 6.04 Å². The standard InChI is InChI=1S/C17H25N5/c1-13-19-15(9-10-18)11-17(20-13)21-16(12-22(2)3)14-7-5-4-6-8-14/h4-8,11,16H,9-10,12,18H2,1-3H3,(H,19,20,21)/t16-/m1/s1. The zero-order valence-electron chi connectivity index (χ0n) is 13.6. The SMILES string of the molecule is Cc1nc(CCN)cc(N[C@H](CN(C)C)c2ccccc2)n1. The van der Waals surface area contributed by atoms with Crippen LogP contribution in [-0.2, 0) is 6.42 Å². The molecule has 1 aromatic heterocycles. The Kier molecular flexibility index (Phi) is 5.86. The van der Waals surface area contributed by atoms with Crippen LogP contribution in [0.4, 0.5) is 5.82 Å². The Bertz CT molecular complexity index is 583. The predicted octanol–water partition coefficient (Wildman–Crippen LogP) is 2.00. The number of hydrogen-bond donors (Lipinski definition) is 2. The molecule has 0 bridgehead atoms. The molecule has 1 heterocycles. The van der Waals surface area contributed by atoms with Crippen molar-refractivity contribution in [1.82, 2.24) is 14.9 Å². The summed E-state index contributed by atoms with van der Waals surface area (Å²) in [6.45, 7) is 3.39. The summed E-state index contributed by atoms with van der Waals surface area (Å²) in [4.78, 5) is 11.1. The summed E-state index contributed by atoms with van der Waals surface area (Å²) >= 11 is 0. The maximum absolute atomic E-state index is 5.63. The summed E-state index contributed by atoms with van der Waals surface area (Å²) in [5.74, 6) is 1.62. The monoisotopic (exact) mass is 299 g/mol. The van der Waals surface area contributed by atoms with Crippen molar-refractivity contribution < 1.29 is 0 Å². The minimum Gasteiger partial charge on any atom is -0.362 e. The molecule has 2 aromatic rings. The van der Waals surface area contributed by atoms with E-state index in [1.807, 2.05) is 19.1 Å². The van der Waals surface area contributed by atoms with E-state index in [1.165, 1.54) is 5.56 Å². The van der Waals surface area contributed by atoms with Gasteiger partial charge in [0, 0.05) is 24.7 Å². The van der Waals surface area contributed by atoms with Gasteiger partial charge in [-0.3, -0.25) is 0 Å². The summed E-state index contributed by atoms with van der Waals surface area (Å²) < 4.78 is 0. The number of nitrogens with zero attached hydrogens (tertiary/aromatic N) is 3. The number of aryl methyl sites for hydroxylation is 1. The average molecular weight is 299 g/mol. The van der Waals surface area contributed by atoms with Crippen LogP contribution in [0.1, 0.15) is 23.1 Å². The highest BCUT2D eigenvalue weighted by Gasteiger charge is 2.13. The van der Waals surface area contributed by atoms with Crippen molar-refractivity contribution in [2.24, 2.45) is 5.73 Å². The molecule has 118 valence electrons. The molecular formula is C17H25N5. The number of benzene rings is 1. The average Bonchev–Trinajstić information content (AvgIpc) is 2.47. The highest BCUT2D eigenvalue weighted by Crippen LogP contribution is 2.19. The third kappa shape index (κ3) is 4.79. The van der Waals surface area contributed by atoms with E-state index >= 15 is 0 Å². The zero-order chi connectivity index (χ0) is 15.9. The lowest BCUT2D eigenvalue weighted by molar-refractivity contribution is 0.386. The molecule has 0 aliphatic carbocycles. The van der Waals surface area contributed by atoms with Gasteiger partial charge in [0.25, 0.3) is 0 Å². The largest absolute Gasteiger partial charge is 0.362 e. The number of nitrogens with two attached hydrogens (primary N) is 1. The molecule has 3 N–H and O–H groups in total. The van der Waals surface area contributed by atoms with E-state index in [1.54, 1.807) is 0 Å². The minimum atomic E-state index is 0.177. The van der Waals surface area contributed by atoms with Gasteiger partial charge in [0.05, 0.1) is 6.04 Å². The topological polar surface area (TPSA) is 67.1 Å². The lowest BCUT2D eigenvalue weighted by Gasteiger charge is -2.23. The zero-order valence-corrected chi connectivity index (χ0v) is 13.6. The van der Waals surface area contributed by atoms with Gasteiger partial charge in [-0.05, 0) is 33.1 Å². The highest BCUT2D eigenvalue weighted by atomic mass is 15.1. The summed E-state index contributed by atoms with van der Waals surface area (Å²) in [6.07, 6.45) is 0.766. The van der Waals surface area contributed by atoms with E-state index in [0.29, 0.717) is 6.54 Å². The van der Waals surface area contributed by atoms with Gasteiger partial charge in [0.1, 0.15) is 11.6 Å². The first-order valence-corrected chi connectivity index (χ1v) is 7.59. The van der Waals surface area contributed by atoms with Crippen LogP contribution in [0.3, 0.4) is 0 Å². The maximum atomic E-state index is 5.63. The smallest absolute Gasteiger partial charge is 0.130 e. The number of hydrogen-bond acceptors (Lipinski definition) is 5. The Morgan fingerprint density at radius 3 is 2.55 bits per heavy atom. The van der Waals surface area contributed by atoms with Crippen molar-refractivity contribution in [3.05, 3.63) is 53.5 Å². The molecule has 5 nitrogen and oxygen atoms in total. The molecule has 5 heteroatoms. The molecule has 1 aromatic carbocycles. The van der Waals surface area contributed by atoms with Crippen molar-refractivity contribution in [2.45, 2.75) is 19.4 Å². The normalized spacial score (nSPS) is 12.4. The van der Waals surface area contributed by atoms with Gasteiger partial charge in [0.2, 0.25) is 0 Å². The van der Waals surface area contributed by atoms with Crippen molar-refractivity contribution in [2.75, 3.05) is 32.5 Å². The predicted molar refractivity (Wildman–Crippen MR) is 90.9 cm³/mol. The Balaban J connectivity index is 2.23. The Morgan fingerprint density at radius 2 is 1.91 bits per heavy atom. The van der Waals surface area contributed by atoms with Crippen LogP contribution in [0.25, 0.3) is 0 Å². The first kappa shape index (κ1) is 16.4. The lowest BCUT2D eigenvalue weighted by atomic mass is 10.1. The molecular weight excluding hydrogens is 274 g/mol. The van der Waals surface area contributed by atoms with Gasteiger partial charge in [-0.15, -0.1) is 0 Å². The summed E-state index contributed by atoms with van der Waals surface area (Å²) in [5.41, 5.74) is 7.86. The van der Waals surface area contributed by atoms with E-state index < -0.39 is 0 Å². The number of aromatic nitrogens is 2. The van der Waals surface area contributed by atoms with Crippen LogP contribution in [0.5, 0.6) is 0 Å². The van der Waals surface area contributed by atoms with Gasteiger partial charge >= 0.3 is 0 Å². The first-order chi connectivity index (χ1) is 10.6. The highest BCUT2D eigenvalue weighted by molar-refractivity contribution is 5.40. The van der Waals surface area contributed by atoms with Crippen LogP contribution >= 0.6 is 0 Å². The Morgan fingerprint density at radius 1 is 1.18 bits per heavy atom. The fourth-order valence-corrected chi connectivity index (χ4v) is 2.44.